The Morgan fingerprint density at radius 3 is 2.61 bits per heavy atom. The monoisotopic (exact) mass is 471 g/mol. The third kappa shape index (κ3) is 5.82. The standard InChI is InChI=1S/C20H26ClN3O6S/c1-12(2)7-18-22-19(30-23-18)11-28-20(25)15-5-6-16(21)17(8-15)31(26,27)24-9-13(3)29-14(4)10-24/h5-6,8,12-14H,7,9-11H2,1-4H3. The molecule has 0 aliphatic carbocycles. The number of halogens is 1. The van der Waals surface area contributed by atoms with Crippen LogP contribution in [-0.2, 0) is 32.5 Å². The number of nitrogens with zero attached hydrogens (tertiary/aromatic N) is 3. The van der Waals surface area contributed by atoms with Crippen molar-refractivity contribution in [2.45, 2.75) is 57.8 Å². The van der Waals surface area contributed by atoms with Gasteiger partial charge in [0.25, 0.3) is 5.89 Å². The number of ether oxygens (including phenoxy) is 2. The highest BCUT2D eigenvalue weighted by molar-refractivity contribution is 7.89. The molecule has 0 saturated carbocycles. The number of rotatable bonds is 7. The van der Waals surface area contributed by atoms with Crippen LogP contribution in [0, 0.1) is 5.92 Å². The molecule has 2 atom stereocenters. The van der Waals surface area contributed by atoms with Crippen molar-refractivity contribution in [3.05, 3.63) is 40.5 Å². The molecule has 11 heteroatoms. The van der Waals surface area contributed by atoms with Gasteiger partial charge < -0.3 is 14.0 Å². The molecular weight excluding hydrogens is 446 g/mol. The number of carbonyl (C=O) groups is 1. The summed E-state index contributed by atoms with van der Waals surface area (Å²) in [5.41, 5.74) is 0.0549. The lowest BCUT2D eigenvalue weighted by Crippen LogP contribution is -2.48. The van der Waals surface area contributed by atoms with Crippen LogP contribution in [0.25, 0.3) is 0 Å². The van der Waals surface area contributed by atoms with Gasteiger partial charge in [0.1, 0.15) is 4.90 Å². The van der Waals surface area contributed by atoms with Crippen molar-refractivity contribution in [3.8, 4) is 0 Å². The van der Waals surface area contributed by atoms with Crippen molar-refractivity contribution in [1.82, 2.24) is 14.4 Å². The van der Waals surface area contributed by atoms with Crippen LogP contribution in [-0.4, -0.2) is 54.1 Å². The van der Waals surface area contributed by atoms with E-state index < -0.39 is 16.0 Å². The van der Waals surface area contributed by atoms with Crippen LogP contribution < -0.4 is 0 Å². The van der Waals surface area contributed by atoms with Crippen LogP contribution in [0.4, 0.5) is 0 Å². The summed E-state index contributed by atoms with van der Waals surface area (Å²) in [4.78, 5) is 16.5. The maximum atomic E-state index is 13.1. The molecule has 2 unspecified atom stereocenters. The van der Waals surface area contributed by atoms with Crippen LogP contribution >= 0.6 is 11.6 Å². The maximum absolute atomic E-state index is 13.1. The van der Waals surface area contributed by atoms with Crippen molar-refractivity contribution in [3.63, 3.8) is 0 Å². The first-order chi connectivity index (χ1) is 14.6. The highest BCUT2D eigenvalue weighted by atomic mass is 35.5. The fourth-order valence-electron chi connectivity index (χ4n) is 3.30. The Hall–Kier alpha value is -2.01. The van der Waals surface area contributed by atoms with Gasteiger partial charge in [0, 0.05) is 19.5 Å². The zero-order valence-corrected chi connectivity index (χ0v) is 19.4. The van der Waals surface area contributed by atoms with Crippen LogP contribution in [0.5, 0.6) is 0 Å². The van der Waals surface area contributed by atoms with Gasteiger partial charge in [-0.25, -0.2) is 13.2 Å². The van der Waals surface area contributed by atoms with Crippen LogP contribution in [0.15, 0.2) is 27.6 Å². The molecule has 1 aliphatic heterocycles. The molecule has 0 radical (unpaired) electrons. The highest BCUT2D eigenvalue weighted by Crippen LogP contribution is 2.28. The summed E-state index contributed by atoms with van der Waals surface area (Å²) in [6.07, 6.45) is 0.148. The minimum absolute atomic E-state index is 0.0265. The number of esters is 1. The van der Waals surface area contributed by atoms with Crippen LogP contribution in [0.2, 0.25) is 5.02 Å². The Labute approximate surface area is 186 Å². The third-order valence-corrected chi connectivity index (χ3v) is 6.91. The summed E-state index contributed by atoms with van der Waals surface area (Å²) in [5.74, 6) is 0.345. The van der Waals surface area contributed by atoms with E-state index in [4.69, 9.17) is 25.6 Å². The van der Waals surface area contributed by atoms with E-state index in [1.807, 2.05) is 13.8 Å². The molecule has 0 spiro atoms. The van der Waals surface area contributed by atoms with Crippen molar-refractivity contribution >= 4 is 27.6 Å². The summed E-state index contributed by atoms with van der Waals surface area (Å²) in [6, 6.07) is 4.00. The lowest BCUT2D eigenvalue weighted by atomic mass is 10.1. The van der Waals surface area contributed by atoms with Crippen LogP contribution in [0.3, 0.4) is 0 Å². The highest BCUT2D eigenvalue weighted by Gasteiger charge is 2.34. The number of hydrogen-bond donors (Lipinski definition) is 0. The van der Waals surface area contributed by atoms with Gasteiger partial charge in [0.05, 0.1) is 22.8 Å². The van der Waals surface area contributed by atoms with Gasteiger partial charge in [0.15, 0.2) is 12.4 Å². The van der Waals surface area contributed by atoms with Gasteiger partial charge in [0.2, 0.25) is 10.0 Å². The molecule has 0 N–H and O–H groups in total. The summed E-state index contributed by atoms with van der Waals surface area (Å²) in [5, 5.41) is 3.87. The predicted molar refractivity (Wildman–Crippen MR) is 112 cm³/mol. The van der Waals surface area contributed by atoms with Crippen LogP contribution in [0.1, 0.15) is 49.8 Å². The topological polar surface area (TPSA) is 112 Å². The number of carbonyl (C=O) groups excluding carboxylic acids is 1. The minimum Gasteiger partial charge on any atom is -0.452 e. The molecule has 1 aromatic heterocycles. The molecule has 0 amide bonds. The SMILES string of the molecule is CC(C)Cc1noc(COC(=O)c2ccc(Cl)c(S(=O)(=O)N3CC(C)OC(C)C3)c2)n1. The molecule has 2 aromatic rings. The van der Waals surface area contributed by atoms with E-state index in [0.29, 0.717) is 18.2 Å². The van der Waals surface area contributed by atoms with Gasteiger partial charge in [-0.3, -0.25) is 0 Å². The lowest BCUT2D eigenvalue weighted by Gasteiger charge is -2.34. The second-order valence-corrected chi connectivity index (χ2v) is 10.3. The molecule has 1 saturated heterocycles. The molecule has 2 heterocycles. The van der Waals surface area contributed by atoms with Crippen molar-refractivity contribution < 1.29 is 27.2 Å². The molecule has 1 fully saturated rings. The average Bonchev–Trinajstić information content (AvgIpc) is 3.12. The first-order valence-corrected chi connectivity index (χ1v) is 11.8. The van der Waals surface area contributed by atoms with E-state index in [9.17, 15) is 13.2 Å². The van der Waals surface area contributed by atoms with E-state index in [0.717, 1.165) is 0 Å². The van der Waals surface area contributed by atoms with E-state index in [-0.39, 0.29) is 53.3 Å². The Morgan fingerprint density at radius 2 is 1.97 bits per heavy atom. The second-order valence-electron chi connectivity index (χ2n) is 8.00. The van der Waals surface area contributed by atoms with Crippen molar-refractivity contribution in [1.29, 1.82) is 0 Å². The molecule has 1 aromatic carbocycles. The van der Waals surface area contributed by atoms with E-state index in [1.54, 1.807) is 13.8 Å². The number of benzene rings is 1. The number of aromatic nitrogens is 2. The third-order valence-electron chi connectivity index (χ3n) is 4.60. The van der Waals surface area contributed by atoms with Gasteiger partial charge in [-0.1, -0.05) is 30.6 Å². The molecule has 1 aliphatic rings. The summed E-state index contributed by atoms with van der Waals surface area (Å²) < 4.78 is 43.5. The smallest absolute Gasteiger partial charge is 0.338 e. The normalized spacial score (nSPS) is 20.2. The molecule has 3 rings (SSSR count). The lowest BCUT2D eigenvalue weighted by molar-refractivity contribution is -0.0440. The first kappa shape index (κ1) is 23.6. The molecule has 9 nitrogen and oxygen atoms in total. The van der Waals surface area contributed by atoms with Crippen molar-refractivity contribution in [2.24, 2.45) is 5.92 Å². The second kappa shape index (κ2) is 9.64. The van der Waals surface area contributed by atoms with E-state index >= 15 is 0 Å². The number of morpholine rings is 1. The fraction of sp³-hybridized carbons (Fsp3) is 0.550. The van der Waals surface area contributed by atoms with Crippen molar-refractivity contribution in [2.75, 3.05) is 13.1 Å². The summed E-state index contributed by atoms with van der Waals surface area (Å²) in [7, 11) is -3.92. The fourth-order valence-corrected chi connectivity index (χ4v) is 5.39. The molecule has 170 valence electrons. The Kier molecular flexibility index (Phi) is 7.35. The minimum atomic E-state index is -3.92. The molecule has 0 bridgehead atoms. The zero-order valence-electron chi connectivity index (χ0n) is 17.9. The number of hydrogen-bond acceptors (Lipinski definition) is 8. The summed E-state index contributed by atoms with van der Waals surface area (Å²) >= 11 is 6.17. The Bertz CT molecular complexity index is 1030. The zero-order chi connectivity index (χ0) is 22.8. The summed E-state index contributed by atoms with van der Waals surface area (Å²) in [6.45, 7) is 7.85. The average molecular weight is 472 g/mol. The molecule has 31 heavy (non-hydrogen) atoms. The molecular formula is C20H26ClN3O6S. The Balaban J connectivity index is 1.74. The van der Waals surface area contributed by atoms with Gasteiger partial charge in [-0.15, -0.1) is 0 Å². The van der Waals surface area contributed by atoms with Gasteiger partial charge in [-0.05, 0) is 38.0 Å². The Morgan fingerprint density at radius 1 is 1.29 bits per heavy atom. The van der Waals surface area contributed by atoms with Gasteiger partial charge >= 0.3 is 5.97 Å². The largest absolute Gasteiger partial charge is 0.452 e. The predicted octanol–water partition coefficient (Wildman–Crippen LogP) is 3.08. The maximum Gasteiger partial charge on any atom is 0.338 e. The van der Waals surface area contributed by atoms with E-state index in [2.05, 4.69) is 10.1 Å². The first-order valence-electron chi connectivity index (χ1n) is 10.00. The van der Waals surface area contributed by atoms with E-state index in [1.165, 1.54) is 22.5 Å². The number of sulfonamides is 1. The van der Waals surface area contributed by atoms with Gasteiger partial charge in [-0.2, -0.15) is 9.29 Å². The quantitative estimate of drug-likeness (QED) is 0.566.